The van der Waals surface area contributed by atoms with Crippen LogP contribution in [0.25, 0.3) is 0 Å². The van der Waals surface area contributed by atoms with Gasteiger partial charge in [0, 0.05) is 0 Å². The van der Waals surface area contributed by atoms with Crippen LogP contribution in [-0.2, 0) is 0 Å². The highest BCUT2D eigenvalue weighted by Gasteiger charge is 2.19. The molecule has 0 aliphatic carbocycles. The Kier molecular flexibility index (Phi) is 5.15. The fourth-order valence-corrected chi connectivity index (χ4v) is 2.91. The zero-order chi connectivity index (χ0) is 11.6. The molecule has 0 N–H and O–H groups in total. The summed E-state index contributed by atoms with van der Waals surface area (Å²) in [5.74, 6) is 0. The molecule has 0 heterocycles. The van der Waals surface area contributed by atoms with Gasteiger partial charge in [0.25, 0.3) is 0 Å². The molecule has 0 fully saturated rings. The van der Waals surface area contributed by atoms with Gasteiger partial charge in [-0.25, -0.2) is 0 Å². The summed E-state index contributed by atoms with van der Waals surface area (Å²) in [7, 11) is 0.127. The van der Waals surface area contributed by atoms with Crippen molar-refractivity contribution in [2.45, 2.75) is 6.92 Å². The van der Waals surface area contributed by atoms with E-state index in [9.17, 15) is 4.79 Å². The van der Waals surface area contributed by atoms with Crippen LogP contribution in [0, 0.1) is 0 Å². The number of hydrogen-bond acceptors (Lipinski definition) is 1. The smallest absolute Gasteiger partial charge is 0.184 e. The maximum absolute atomic E-state index is 11.7. The van der Waals surface area contributed by atoms with E-state index >= 15 is 0 Å². The number of carbonyl (C=O) groups is 1. The first-order chi connectivity index (χ1) is 6.99. The molecule has 1 nitrogen and oxygen atoms in total. The van der Waals surface area contributed by atoms with Crippen molar-refractivity contribution < 1.29 is 4.79 Å². The first-order valence-corrected chi connectivity index (χ1v) is 6.82. The first kappa shape index (κ1) is 13.5. The van der Waals surface area contributed by atoms with Gasteiger partial charge in [-0.1, -0.05) is 53.3 Å². The van der Waals surface area contributed by atoms with Gasteiger partial charge in [0.2, 0.25) is 0 Å². The molecule has 0 aliphatic heterocycles. The van der Waals surface area contributed by atoms with E-state index < -0.39 is 0 Å². The second-order valence-corrected chi connectivity index (χ2v) is 5.79. The zero-order valence-electron chi connectivity index (χ0n) is 7.70. The Morgan fingerprint density at radius 3 is 2.07 bits per heavy atom. The van der Waals surface area contributed by atoms with Crippen LogP contribution in [0.3, 0.4) is 0 Å². The molecule has 1 aromatic rings. The molecule has 15 heavy (non-hydrogen) atoms. The van der Waals surface area contributed by atoms with Crippen LogP contribution >= 0.6 is 55.0 Å². The van der Waals surface area contributed by atoms with E-state index in [2.05, 4.69) is 0 Å². The maximum atomic E-state index is 11.7. The standard InChI is InChI=1S/C9H7Cl4OP/c1-2-15-9(14)6-7(12)4(10)3-5(11)8(6)13/h3,15H,2H2,1H3. The van der Waals surface area contributed by atoms with Gasteiger partial charge in [0.1, 0.15) is 0 Å². The summed E-state index contributed by atoms with van der Waals surface area (Å²) in [6.45, 7) is 1.91. The molecule has 0 aliphatic rings. The van der Waals surface area contributed by atoms with Crippen molar-refractivity contribution in [1.29, 1.82) is 0 Å². The second kappa shape index (κ2) is 5.70. The Balaban J connectivity index is 3.32. The lowest BCUT2D eigenvalue weighted by Gasteiger charge is -2.08. The molecular formula is C9H7Cl4OP. The van der Waals surface area contributed by atoms with Crippen LogP contribution in [-0.4, -0.2) is 11.7 Å². The van der Waals surface area contributed by atoms with Gasteiger partial charge in [-0.3, -0.25) is 4.79 Å². The third-order valence-electron chi connectivity index (χ3n) is 1.68. The van der Waals surface area contributed by atoms with Crippen LogP contribution in [0.15, 0.2) is 6.07 Å². The van der Waals surface area contributed by atoms with Gasteiger partial charge in [0.15, 0.2) is 5.52 Å². The van der Waals surface area contributed by atoms with E-state index in [1.54, 1.807) is 0 Å². The molecule has 1 aromatic carbocycles. The van der Waals surface area contributed by atoms with E-state index in [-0.39, 0.29) is 39.8 Å². The summed E-state index contributed by atoms with van der Waals surface area (Å²) in [6, 6.07) is 1.43. The number of hydrogen-bond donors (Lipinski definition) is 0. The molecule has 0 bridgehead atoms. The number of carbonyl (C=O) groups excluding carboxylic acids is 1. The summed E-state index contributed by atoms with van der Waals surface area (Å²) in [4.78, 5) is 11.7. The third-order valence-corrected chi connectivity index (χ3v) is 4.18. The molecule has 0 saturated heterocycles. The van der Waals surface area contributed by atoms with Crippen molar-refractivity contribution in [2.75, 3.05) is 6.16 Å². The fourth-order valence-electron chi connectivity index (χ4n) is 1.02. The first-order valence-electron chi connectivity index (χ1n) is 4.10. The molecule has 1 unspecified atom stereocenters. The van der Waals surface area contributed by atoms with E-state index in [4.69, 9.17) is 46.4 Å². The molecule has 82 valence electrons. The zero-order valence-corrected chi connectivity index (χ0v) is 11.7. The van der Waals surface area contributed by atoms with Crippen LogP contribution in [0.5, 0.6) is 0 Å². The Labute approximate surface area is 110 Å². The Morgan fingerprint density at radius 2 is 1.67 bits per heavy atom. The maximum Gasteiger partial charge on any atom is 0.184 e. The molecule has 1 rings (SSSR count). The SMILES string of the molecule is CCPC(=O)c1c(Cl)c(Cl)cc(Cl)c1Cl. The molecule has 0 amide bonds. The largest absolute Gasteiger partial charge is 0.289 e. The van der Waals surface area contributed by atoms with Gasteiger partial charge >= 0.3 is 0 Å². The molecule has 1 atom stereocenters. The molecule has 0 spiro atoms. The fraction of sp³-hybridized carbons (Fsp3) is 0.222. The van der Waals surface area contributed by atoms with Gasteiger partial charge in [-0.15, -0.1) is 0 Å². The quantitative estimate of drug-likeness (QED) is 0.558. The Bertz CT molecular complexity index is 379. The van der Waals surface area contributed by atoms with Crippen LogP contribution in [0.1, 0.15) is 17.3 Å². The van der Waals surface area contributed by atoms with Gasteiger partial charge in [-0.2, -0.15) is 0 Å². The minimum atomic E-state index is -0.114. The summed E-state index contributed by atoms with van der Waals surface area (Å²) < 4.78 is 0. The van der Waals surface area contributed by atoms with E-state index in [1.165, 1.54) is 6.07 Å². The Morgan fingerprint density at radius 1 is 1.20 bits per heavy atom. The highest BCUT2D eigenvalue weighted by atomic mass is 35.5. The van der Waals surface area contributed by atoms with Crippen LogP contribution < -0.4 is 0 Å². The Hall–Kier alpha value is 0.480. The normalized spacial score (nSPS) is 11.3. The number of benzene rings is 1. The van der Waals surface area contributed by atoms with Crippen LogP contribution in [0.4, 0.5) is 0 Å². The summed E-state index contributed by atoms with van der Waals surface area (Å²) in [6.07, 6.45) is 0.746. The van der Waals surface area contributed by atoms with Gasteiger partial charge < -0.3 is 0 Å². The average Bonchev–Trinajstić information content (AvgIpc) is 2.16. The highest BCUT2D eigenvalue weighted by Crippen LogP contribution is 2.39. The lowest BCUT2D eigenvalue weighted by Crippen LogP contribution is -1.96. The predicted molar refractivity (Wildman–Crippen MR) is 69.7 cm³/mol. The topological polar surface area (TPSA) is 17.1 Å². The number of rotatable bonds is 3. The lowest BCUT2D eigenvalue weighted by atomic mass is 10.2. The average molecular weight is 304 g/mol. The van der Waals surface area contributed by atoms with E-state index in [0.29, 0.717) is 0 Å². The summed E-state index contributed by atoms with van der Waals surface area (Å²) in [5.41, 5.74) is 0.118. The third kappa shape index (κ3) is 2.99. The van der Waals surface area contributed by atoms with Crippen molar-refractivity contribution >= 4 is 60.5 Å². The van der Waals surface area contributed by atoms with Crippen molar-refractivity contribution in [3.8, 4) is 0 Å². The summed E-state index contributed by atoms with van der Waals surface area (Å²) >= 11 is 23.4. The van der Waals surface area contributed by atoms with Crippen molar-refractivity contribution in [3.05, 3.63) is 31.7 Å². The molecule has 6 heteroatoms. The van der Waals surface area contributed by atoms with Crippen molar-refractivity contribution in [2.24, 2.45) is 0 Å². The van der Waals surface area contributed by atoms with Crippen molar-refractivity contribution in [3.63, 3.8) is 0 Å². The van der Waals surface area contributed by atoms with Crippen molar-refractivity contribution in [1.82, 2.24) is 0 Å². The molecule has 0 aromatic heterocycles. The van der Waals surface area contributed by atoms with Gasteiger partial charge in [0.05, 0.1) is 25.7 Å². The molecular weight excluding hydrogens is 297 g/mol. The van der Waals surface area contributed by atoms with Gasteiger partial charge in [-0.05, 0) is 20.8 Å². The second-order valence-electron chi connectivity index (χ2n) is 2.70. The number of halogens is 4. The molecule has 0 saturated carbocycles. The highest BCUT2D eigenvalue weighted by molar-refractivity contribution is 7.58. The molecule has 0 radical (unpaired) electrons. The monoisotopic (exact) mass is 302 g/mol. The van der Waals surface area contributed by atoms with E-state index in [1.807, 2.05) is 6.92 Å². The minimum Gasteiger partial charge on any atom is -0.289 e. The van der Waals surface area contributed by atoms with E-state index in [0.717, 1.165) is 6.16 Å². The summed E-state index contributed by atoms with van der Waals surface area (Å²) in [5, 5.41) is 0.847. The van der Waals surface area contributed by atoms with Crippen LogP contribution in [0.2, 0.25) is 20.1 Å². The lowest BCUT2D eigenvalue weighted by molar-refractivity contribution is 0.108. The predicted octanol–water partition coefficient (Wildman–Crippen LogP) is 5.14. The minimum absolute atomic E-state index is 0.114.